The lowest BCUT2D eigenvalue weighted by Gasteiger charge is -2.21. The van der Waals surface area contributed by atoms with E-state index in [0.29, 0.717) is 19.0 Å². The molecule has 1 atom stereocenters. The molecule has 1 aromatic heterocycles. The Balaban J connectivity index is 2.19. The number of rotatable bonds is 2. The average molecular weight is 265 g/mol. The molecule has 19 heavy (non-hydrogen) atoms. The summed E-state index contributed by atoms with van der Waals surface area (Å²) in [6, 6.07) is 1.45. The van der Waals surface area contributed by atoms with Gasteiger partial charge in [-0.1, -0.05) is 6.92 Å². The van der Waals surface area contributed by atoms with Crippen molar-refractivity contribution in [3.8, 4) is 0 Å². The zero-order chi connectivity index (χ0) is 13.8. The number of carbonyl (C=O) groups excluding carboxylic acids is 1. The summed E-state index contributed by atoms with van der Waals surface area (Å²) in [4.78, 5) is 18.0. The first kappa shape index (κ1) is 13.8. The van der Waals surface area contributed by atoms with Gasteiger partial charge < -0.3 is 10.2 Å². The number of pyridine rings is 1. The molecule has 2 rings (SSSR count). The van der Waals surface area contributed by atoms with Crippen molar-refractivity contribution in [1.29, 1.82) is 0 Å². The molecular weight excluding hydrogens is 245 g/mol. The minimum atomic E-state index is -0.563. The van der Waals surface area contributed by atoms with Gasteiger partial charge in [-0.2, -0.15) is 0 Å². The van der Waals surface area contributed by atoms with Gasteiger partial charge in [-0.15, -0.1) is 0 Å². The van der Waals surface area contributed by atoms with Crippen molar-refractivity contribution >= 4 is 11.7 Å². The second kappa shape index (κ2) is 5.99. The number of halogens is 1. The molecule has 2 heterocycles. The van der Waals surface area contributed by atoms with Crippen LogP contribution in [0.15, 0.2) is 12.3 Å². The Hall–Kier alpha value is -1.65. The Kier molecular flexibility index (Phi) is 4.35. The highest BCUT2D eigenvalue weighted by molar-refractivity contribution is 5.95. The standard InChI is InChI=1S/C14H20FN3O/c1-10-4-3-8-18(9-6-10)14(19)11-5-7-17-13(16-2)12(11)15/h5,7,10H,3-4,6,8-9H2,1-2H3,(H,16,17). The minimum absolute atomic E-state index is 0.105. The lowest BCUT2D eigenvalue weighted by Crippen LogP contribution is -2.32. The first-order chi connectivity index (χ1) is 9.13. The normalized spacial score (nSPS) is 19.9. The number of carbonyl (C=O) groups is 1. The Morgan fingerprint density at radius 3 is 3.00 bits per heavy atom. The number of likely N-dealkylation sites (tertiary alicyclic amines) is 1. The van der Waals surface area contributed by atoms with Crippen LogP contribution in [0.3, 0.4) is 0 Å². The second-order valence-corrected chi connectivity index (χ2v) is 5.10. The van der Waals surface area contributed by atoms with Gasteiger partial charge >= 0.3 is 0 Å². The van der Waals surface area contributed by atoms with Crippen LogP contribution in [0.5, 0.6) is 0 Å². The number of nitrogens with one attached hydrogen (secondary N) is 1. The molecule has 1 N–H and O–H groups in total. The van der Waals surface area contributed by atoms with E-state index >= 15 is 0 Å². The molecular formula is C14H20FN3O. The molecule has 1 unspecified atom stereocenters. The molecule has 5 heteroatoms. The summed E-state index contributed by atoms with van der Waals surface area (Å²) < 4.78 is 14.1. The van der Waals surface area contributed by atoms with Crippen LogP contribution in [0, 0.1) is 11.7 Å². The number of hydrogen-bond donors (Lipinski definition) is 1. The number of amides is 1. The quantitative estimate of drug-likeness (QED) is 0.893. The number of anilines is 1. The van der Waals surface area contributed by atoms with Crippen LogP contribution >= 0.6 is 0 Å². The predicted octanol–water partition coefficient (Wildman–Crippen LogP) is 2.52. The highest BCUT2D eigenvalue weighted by atomic mass is 19.1. The first-order valence-corrected chi connectivity index (χ1v) is 6.75. The average Bonchev–Trinajstić information content (AvgIpc) is 2.63. The van der Waals surface area contributed by atoms with Crippen molar-refractivity contribution in [2.24, 2.45) is 5.92 Å². The summed E-state index contributed by atoms with van der Waals surface area (Å²) in [6.45, 7) is 3.61. The van der Waals surface area contributed by atoms with Crippen LogP contribution in [0.1, 0.15) is 36.5 Å². The third-order valence-electron chi connectivity index (χ3n) is 3.66. The molecule has 0 spiro atoms. The lowest BCUT2D eigenvalue weighted by molar-refractivity contribution is 0.0755. The number of hydrogen-bond acceptors (Lipinski definition) is 3. The summed E-state index contributed by atoms with van der Waals surface area (Å²) >= 11 is 0. The van der Waals surface area contributed by atoms with E-state index in [1.54, 1.807) is 11.9 Å². The van der Waals surface area contributed by atoms with Gasteiger partial charge in [0.05, 0.1) is 5.56 Å². The summed E-state index contributed by atoms with van der Waals surface area (Å²) in [5, 5.41) is 2.66. The van der Waals surface area contributed by atoms with Gasteiger partial charge in [0.15, 0.2) is 11.6 Å². The fourth-order valence-electron chi connectivity index (χ4n) is 2.42. The van der Waals surface area contributed by atoms with Gasteiger partial charge in [0.25, 0.3) is 5.91 Å². The summed E-state index contributed by atoms with van der Waals surface area (Å²) in [7, 11) is 1.59. The molecule has 0 saturated carbocycles. The van der Waals surface area contributed by atoms with Crippen molar-refractivity contribution in [1.82, 2.24) is 9.88 Å². The van der Waals surface area contributed by atoms with Crippen LogP contribution in [0.25, 0.3) is 0 Å². The van der Waals surface area contributed by atoms with E-state index in [1.807, 2.05) is 0 Å². The van der Waals surface area contributed by atoms with Crippen molar-refractivity contribution < 1.29 is 9.18 Å². The van der Waals surface area contributed by atoms with Gasteiger partial charge in [-0.25, -0.2) is 9.37 Å². The van der Waals surface area contributed by atoms with Crippen molar-refractivity contribution in [2.45, 2.75) is 26.2 Å². The molecule has 4 nitrogen and oxygen atoms in total. The second-order valence-electron chi connectivity index (χ2n) is 5.10. The van der Waals surface area contributed by atoms with Gasteiger partial charge in [0.1, 0.15) is 0 Å². The molecule has 1 saturated heterocycles. The maximum Gasteiger partial charge on any atom is 0.257 e. The summed E-state index contributed by atoms with van der Waals surface area (Å²) in [6.07, 6.45) is 4.56. The molecule has 1 amide bonds. The maximum atomic E-state index is 14.1. The third-order valence-corrected chi connectivity index (χ3v) is 3.66. The lowest BCUT2D eigenvalue weighted by atomic mass is 10.0. The SMILES string of the molecule is CNc1nccc(C(=O)N2CCCC(C)CC2)c1F. The molecule has 1 aromatic rings. The third kappa shape index (κ3) is 3.03. The highest BCUT2D eigenvalue weighted by Crippen LogP contribution is 2.21. The van der Waals surface area contributed by atoms with Crippen molar-refractivity contribution in [3.05, 3.63) is 23.6 Å². The van der Waals surface area contributed by atoms with Gasteiger partial charge in [0.2, 0.25) is 0 Å². The molecule has 1 fully saturated rings. The van der Waals surface area contributed by atoms with Gasteiger partial charge in [-0.05, 0) is 31.2 Å². The van der Waals surface area contributed by atoms with E-state index in [4.69, 9.17) is 0 Å². The van der Waals surface area contributed by atoms with Crippen molar-refractivity contribution in [2.75, 3.05) is 25.5 Å². The fourth-order valence-corrected chi connectivity index (χ4v) is 2.42. The summed E-state index contributed by atoms with van der Waals surface area (Å²) in [5.41, 5.74) is 0.105. The number of aromatic nitrogens is 1. The largest absolute Gasteiger partial charge is 0.371 e. The topological polar surface area (TPSA) is 45.2 Å². The zero-order valence-corrected chi connectivity index (χ0v) is 11.4. The van der Waals surface area contributed by atoms with E-state index in [2.05, 4.69) is 17.2 Å². The van der Waals surface area contributed by atoms with E-state index in [1.165, 1.54) is 12.3 Å². The van der Waals surface area contributed by atoms with Crippen LogP contribution in [0.2, 0.25) is 0 Å². The van der Waals surface area contributed by atoms with E-state index < -0.39 is 5.82 Å². The Morgan fingerprint density at radius 2 is 2.26 bits per heavy atom. The molecule has 104 valence electrons. The maximum absolute atomic E-state index is 14.1. The zero-order valence-electron chi connectivity index (χ0n) is 11.4. The molecule has 1 aliphatic heterocycles. The van der Waals surface area contributed by atoms with E-state index in [0.717, 1.165) is 19.3 Å². The minimum Gasteiger partial charge on any atom is -0.371 e. The van der Waals surface area contributed by atoms with Crippen LogP contribution in [-0.2, 0) is 0 Å². The highest BCUT2D eigenvalue weighted by Gasteiger charge is 2.23. The number of nitrogens with zero attached hydrogens (tertiary/aromatic N) is 2. The summed E-state index contributed by atoms with van der Waals surface area (Å²) in [5.74, 6) is -0.0419. The smallest absolute Gasteiger partial charge is 0.257 e. The molecule has 0 aromatic carbocycles. The van der Waals surface area contributed by atoms with E-state index in [9.17, 15) is 9.18 Å². The molecule has 1 aliphatic rings. The fraction of sp³-hybridized carbons (Fsp3) is 0.571. The van der Waals surface area contributed by atoms with Gasteiger partial charge in [0, 0.05) is 26.3 Å². The van der Waals surface area contributed by atoms with Crippen LogP contribution in [0.4, 0.5) is 10.2 Å². The molecule has 0 aliphatic carbocycles. The van der Waals surface area contributed by atoms with Crippen molar-refractivity contribution in [3.63, 3.8) is 0 Å². The van der Waals surface area contributed by atoms with E-state index in [-0.39, 0.29) is 17.3 Å². The molecule has 0 radical (unpaired) electrons. The van der Waals surface area contributed by atoms with Gasteiger partial charge in [-0.3, -0.25) is 4.79 Å². The molecule has 0 bridgehead atoms. The van der Waals surface area contributed by atoms with Crippen LogP contribution in [-0.4, -0.2) is 35.9 Å². The Bertz CT molecular complexity index is 464. The Morgan fingerprint density at radius 1 is 1.47 bits per heavy atom. The van der Waals surface area contributed by atoms with Crippen LogP contribution < -0.4 is 5.32 Å². The first-order valence-electron chi connectivity index (χ1n) is 6.75. The Labute approximate surface area is 113 Å². The monoisotopic (exact) mass is 265 g/mol. The predicted molar refractivity (Wildman–Crippen MR) is 72.7 cm³/mol.